The Morgan fingerprint density at radius 1 is 1.12 bits per heavy atom. The summed E-state index contributed by atoms with van der Waals surface area (Å²) in [6.07, 6.45) is -4.82. The van der Waals surface area contributed by atoms with Crippen LogP contribution in [0, 0.1) is 0 Å². The molecule has 0 unspecified atom stereocenters. The van der Waals surface area contributed by atoms with E-state index in [0.29, 0.717) is 10.6 Å². The lowest BCUT2D eigenvalue weighted by Gasteiger charge is -2.16. The van der Waals surface area contributed by atoms with Gasteiger partial charge >= 0.3 is 6.18 Å². The fourth-order valence-corrected chi connectivity index (χ4v) is 2.63. The second-order valence-electron chi connectivity index (χ2n) is 4.91. The molecule has 0 spiro atoms. The number of halogens is 5. The van der Waals surface area contributed by atoms with Gasteiger partial charge in [-0.1, -0.05) is 23.9 Å². The van der Waals surface area contributed by atoms with Crippen LogP contribution in [0.5, 0.6) is 0 Å². The maximum Gasteiger partial charge on any atom is 0.431 e. The second-order valence-corrected chi connectivity index (χ2v) is 5.97. The molecule has 1 heterocycles. The summed E-state index contributed by atoms with van der Waals surface area (Å²) in [5.74, 6) is -3.77. The molecule has 10 heteroatoms. The number of carbonyl (C=O) groups excluding carboxylic acids is 1. The molecule has 0 saturated carbocycles. The zero-order valence-corrected chi connectivity index (χ0v) is 13.2. The Labute approximate surface area is 142 Å². The van der Waals surface area contributed by atoms with Gasteiger partial charge < -0.3 is 5.73 Å². The van der Waals surface area contributed by atoms with Crippen molar-refractivity contribution in [2.24, 2.45) is 5.73 Å². The Bertz CT molecular complexity index is 831. The fourth-order valence-electron chi connectivity index (χ4n) is 2.13. The van der Waals surface area contributed by atoms with Gasteiger partial charge in [0.05, 0.1) is 6.54 Å². The third kappa shape index (κ3) is 4.59. The summed E-state index contributed by atoms with van der Waals surface area (Å²) in [4.78, 5) is 23.6. The standard InChI is InChI=1S/C15H11F5N2O2S/c16-14(17)25-9-3-1-8(2-4-9)7-22-11(15(18,19)20)6-5-10(12(21)23)13(22)24/h1-6,14H,7H2,(H2,21,23). The highest BCUT2D eigenvalue weighted by Gasteiger charge is 2.35. The first kappa shape index (κ1) is 19.0. The molecule has 0 saturated heterocycles. The van der Waals surface area contributed by atoms with Gasteiger partial charge in [0.1, 0.15) is 11.3 Å². The van der Waals surface area contributed by atoms with Crippen LogP contribution in [0.1, 0.15) is 21.6 Å². The first-order chi connectivity index (χ1) is 11.6. The number of aromatic nitrogens is 1. The molecule has 0 aliphatic heterocycles. The first-order valence-electron chi connectivity index (χ1n) is 6.74. The number of amides is 1. The zero-order chi connectivity index (χ0) is 18.8. The van der Waals surface area contributed by atoms with Crippen LogP contribution in [0.3, 0.4) is 0 Å². The topological polar surface area (TPSA) is 65.1 Å². The minimum Gasteiger partial charge on any atom is -0.365 e. The smallest absolute Gasteiger partial charge is 0.365 e. The number of primary amides is 1. The van der Waals surface area contributed by atoms with Gasteiger partial charge in [-0.15, -0.1) is 0 Å². The molecular weight excluding hydrogens is 367 g/mol. The van der Waals surface area contributed by atoms with Gasteiger partial charge in [0.2, 0.25) is 0 Å². The van der Waals surface area contributed by atoms with Crippen LogP contribution >= 0.6 is 11.8 Å². The van der Waals surface area contributed by atoms with Crippen molar-refractivity contribution >= 4 is 17.7 Å². The molecule has 2 N–H and O–H groups in total. The molecule has 1 amide bonds. The van der Waals surface area contributed by atoms with Crippen molar-refractivity contribution in [2.75, 3.05) is 0 Å². The summed E-state index contributed by atoms with van der Waals surface area (Å²) >= 11 is 0.287. The Hall–Kier alpha value is -2.36. The van der Waals surface area contributed by atoms with Crippen LogP contribution in [0.2, 0.25) is 0 Å². The van der Waals surface area contributed by atoms with Crippen LogP contribution in [0.15, 0.2) is 46.1 Å². The number of pyridine rings is 1. The molecule has 25 heavy (non-hydrogen) atoms. The molecule has 134 valence electrons. The molecule has 2 rings (SSSR count). The van der Waals surface area contributed by atoms with Gasteiger partial charge in [0.15, 0.2) is 0 Å². The van der Waals surface area contributed by atoms with Crippen LogP contribution in [0.25, 0.3) is 0 Å². The van der Waals surface area contributed by atoms with Crippen LogP contribution < -0.4 is 11.3 Å². The predicted octanol–water partition coefficient (Wildman–Crippen LogP) is 3.33. The van der Waals surface area contributed by atoms with E-state index in [9.17, 15) is 31.5 Å². The lowest BCUT2D eigenvalue weighted by atomic mass is 10.2. The second kappa shape index (κ2) is 7.26. The van der Waals surface area contributed by atoms with Crippen molar-refractivity contribution in [3.05, 3.63) is 63.6 Å². The van der Waals surface area contributed by atoms with Crippen LogP contribution in [-0.4, -0.2) is 16.2 Å². The summed E-state index contributed by atoms with van der Waals surface area (Å²) in [7, 11) is 0. The highest BCUT2D eigenvalue weighted by molar-refractivity contribution is 7.99. The van der Waals surface area contributed by atoms with Crippen molar-refractivity contribution in [1.29, 1.82) is 0 Å². The molecule has 1 aromatic heterocycles. The lowest BCUT2D eigenvalue weighted by Crippen LogP contribution is -2.34. The van der Waals surface area contributed by atoms with Crippen molar-refractivity contribution in [1.82, 2.24) is 4.57 Å². The molecule has 0 atom stereocenters. The van der Waals surface area contributed by atoms with Crippen molar-refractivity contribution in [3.8, 4) is 0 Å². The van der Waals surface area contributed by atoms with Crippen LogP contribution in [0.4, 0.5) is 22.0 Å². The highest BCUT2D eigenvalue weighted by atomic mass is 32.2. The number of rotatable bonds is 5. The third-order valence-corrected chi connectivity index (χ3v) is 3.94. The van der Waals surface area contributed by atoms with Gasteiger partial charge in [-0.25, -0.2) is 0 Å². The van der Waals surface area contributed by atoms with Gasteiger partial charge in [-0.3, -0.25) is 14.2 Å². The van der Waals surface area contributed by atoms with E-state index < -0.39 is 41.2 Å². The van der Waals surface area contributed by atoms with Gasteiger partial charge in [0, 0.05) is 4.90 Å². The SMILES string of the molecule is NC(=O)c1ccc(C(F)(F)F)n(Cc2ccc(SC(F)F)cc2)c1=O. The molecule has 0 aliphatic rings. The Balaban J connectivity index is 2.45. The molecular formula is C15H11F5N2O2S. The maximum absolute atomic E-state index is 13.1. The summed E-state index contributed by atoms with van der Waals surface area (Å²) in [6.45, 7) is -0.492. The summed E-state index contributed by atoms with van der Waals surface area (Å²) in [5.41, 5.74) is 2.28. The third-order valence-electron chi connectivity index (χ3n) is 3.22. The number of hydrogen-bond acceptors (Lipinski definition) is 3. The fraction of sp³-hybridized carbons (Fsp3) is 0.200. The van der Waals surface area contributed by atoms with E-state index in [-0.39, 0.29) is 22.2 Å². The monoisotopic (exact) mass is 378 g/mol. The number of nitrogens with zero attached hydrogens (tertiary/aromatic N) is 1. The van der Waals surface area contributed by atoms with Crippen molar-refractivity contribution < 1.29 is 26.7 Å². The largest absolute Gasteiger partial charge is 0.431 e. The normalized spacial score (nSPS) is 11.8. The molecule has 0 bridgehead atoms. The van der Waals surface area contributed by atoms with E-state index in [4.69, 9.17) is 5.73 Å². The number of alkyl halides is 5. The van der Waals surface area contributed by atoms with E-state index in [1.165, 1.54) is 24.3 Å². The zero-order valence-electron chi connectivity index (χ0n) is 12.4. The van der Waals surface area contributed by atoms with Crippen molar-refractivity contribution in [2.45, 2.75) is 23.4 Å². The number of thioether (sulfide) groups is 1. The average Bonchev–Trinajstić information content (AvgIpc) is 2.49. The quantitative estimate of drug-likeness (QED) is 0.641. The summed E-state index contributed by atoms with van der Waals surface area (Å²) < 4.78 is 64.3. The van der Waals surface area contributed by atoms with Crippen LogP contribution in [-0.2, 0) is 12.7 Å². The number of hydrogen-bond donors (Lipinski definition) is 1. The Morgan fingerprint density at radius 2 is 1.72 bits per heavy atom. The van der Waals surface area contributed by atoms with Gasteiger partial charge in [-0.05, 0) is 29.8 Å². The predicted molar refractivity (Wildman–Crippen MR) is 81.6 cm³/mol. The molecule has 0 aliphatic carbocycles. The van der Waals surface area contributed by atoms with E-state index in [1.807, 2.05) is 0 Å². The summed E-state index contributed by atoms with van der Waals surface area (Å²) in [6, 6.07) is 6.60. The minimum atomic E-state index is -4.82. The Morgan fingerprint density at radius 3 is 2.20 bits per heavy atom. The lowest BCUT2D eigenvalue weighted by molar-refractivity contribution is -0.144. The molecule has 2 aromatic rings. The number of nitrogens with two attached hydrogens (primary N) is 1. The average molecular weight is 378 g/mol. The number of benzene rings is 1. The molecule has 0 fully saturated rings. The maximum atomic E-state index is 13.1. The van der Waals surface area contributed by atoms with Crippen molar-refractivity contribution in [3.63, 3.8) is 0 Å². The molecule has 1 aromatic carbocycles. The highest BCUT2D eigenvalue weighted by Crippen LogP contribution is 2.29. The van der Waals surface area contributed by atoms with E-state index in [2.05, 4.69) is 0 Å². The minimum absolute atomic E-state index is 0.230. The van der Waals surface area contributed by atoms with E-state index in [0.717, 1.165) is 6.07 Å². The molecule has 0 radical (unpaired) electrons. The van der Waals surface area contributed by atoms with E-state index in [1.54, 1.807) is 0 Å². The van der Waals surface area contributed by atoms with Gasteiger partial charge in [-0.2, -0.15) is 22.0 Å². The van der Waals surface area contributed by atoms with Gasteiger partial charge in [0.25, 0.3) is 17.2 Å². The van der Waals surface area contributed by atoms with E-state index >= 15 is 0 Å². The first-order valence-corrected chi connectivity index (χ1v) is 7.62. The summed E-state index contributed by atoms with van der Waals surface area (Å²) in [5, 5.41) is 0. The Kier molecular flexibility index (Phi) is 5.51. The number of carbonyl (C=O) groups is 1. The molecule has 4 nitrogen and oxygen atoms in total.